The zero-order valence-corrected chi connectivity index (χ0v) is 70.3. The Bertz CT molecular complexity index is 8180. The summed E-state index contributed by atoms with van der Waals surface area (Å²) in [7, 11) is -19.8. The summed E-state index contributed by atoms with van der Waals surface area (Å²) in [6.07, 6.45) is 0. The van der Waals surface area contributed by atoms with Crippen LogP contribution in [0.5, 0.6) is 0 Å². The molecule has 0 saturated carbocycles. The van der Waals surface area contributed by atoms with Crippen molar-refractivity contribution in [1.29, 1.82) is 0 Å². The molecular formula is C80H84N12O20S8. The van der Waals surface area contributed by atoms with Crippen LogP contribution in [0.3, 0.4) is 0 Å². The number of hydrogen-bond donors (Lipinski definition) is 8. The lowest BCUT2D eigenvalue weighted by molar-refractivity contribution is 0.100. The lowest BCUT2D eigenvalue weighted by atomic mass is 10.0. The van der Waals surface area contributed by atoms with E-state index in [2.05, 4.69) is 20.6 Å². The van der Waals surface area contributed by atoms with Crippen LogP contribution in [0.4, 0.5) is 46.3 Å². The first-order valence-corrected chi connectivity index (χ1v) is 42.5. The van der Waals surface area contributed by atoms with Gasteiger partial charge >= 0.3 is 0 Å². The Morgan fingerprint density at radius 1 is 0.333 bits per heavy atom. The summed E-state index contributed by atoms with van der Waals surface area (Å²) in [6.45, 7) is -8.60. The molecule has 0 atom stereocenters. The molecule has 12 rings (SSSR count). The first-order chi connectivity index (χ1) is 70.9. The van der Waals surface area contributed by atoms with E-state index in [0.29, 0.717) is 90.7 Å². The molecule has 32 nitrogen and oxygen atoms in total. The number of thiophene rings is 4. The molecule has 0 spiro atoms. The third-order valence-corrected chi connectivity index (χ3v) is 25.2. The number of hydrogen-bond acceptors (Lipinski definition) is 28. The number of ketones is 4. The monoisotopic (exact) mass is 1820 g/mol. The minimum absolute atomic E-state index is 0.0113. The van der Waals surface area contributed by atoms with Crippen molar-refractivity contribution in [3.63, 3.8) is 0 Å². The minimum Gasteiger partial charge on any atom is -0.337 e. The Morgan fingerprint density at radius 2 is 0.575 bits per heavy atom. The molecule has 4 amide bonds. The molecule has 8 N–H and O–H groups in total. The summed E-state index contributed by atoms with van der Waals surface area (Å²) in [5.41, 5.74) is -9.38. The first-order valence-electron chi connectivity index (χ1n) is 50.8. The quantitative estimate of drug-likeness (QED) is 0.0260. The van der Waals surface area contributed by atoms with Crippen molar-refractivity contribution in [2.24, 2.45) is 0 Å². The number of benzene rings is 4. The Morgan fingerprint density at radius 3 is 0.833 bits per heavy atom. The zero-order chi connectivity index (χ0) is 119. The molecule has 0 bridgehead atoms. The summed E-state index contributed by atoms with van der Waals surface area (Å²) < 4.78 is 408. The Kier molecular flexibility index (Phi) is 16.6. The molecule has 0 fully saturated rings. The summed E-state index contributed by atoms with van der Waals surface area (Å²) >= 11 is 2.29. The SMILES string of the molecule is [2H]c1c(C([2H])([2H])[2H])cc(C([2H])([2H])[2H])c(N([2H])C(=O)c2sccc2S(=O)(=O)N([2H])c2onc(C)c2C([2H])([2H])[2H])c1C(C)=O.[2H]c1c(C([2H])([2H])[2H])cc(C([2H])([2H])[2H])c(N([2H])C(=O)c2sccc2S(=O)(=O)N([2H])c2onc(C)c2C)c1C(C)=O.[2H]c1c(C)cc(C)c(N([2H])C(=O)c2sccc2S(=O)(=O)N([2H])c2onc(C([2H])([2H])[2H])c2C([2H])([2H])[2H])c1C(C)=O.[2H]c1c(C)cc(C)c(N([2H])C(=O)c2sccc2S(=O)(=O)N([2H])c2onc(C([2H])([2H])[2H])c2C)c1C(C)=O. The van der Waals surface area contributed by atoms with E-state index in [1.165, 1.54) is 69.8 Å². The molecule has 0 saturated heterocycles. The number of carbonyl (C=O) groups excluding carboxylic acids is 8. The number of sulfonamides is 4. The van der Waals surface area contributed by atoms with E-state index >= 15 is 0 Å². The molecule has 8 aromatic heterocycles. The first kappa shape index (κ1) is 53.6. The highest BCUT2D eigenvalue weighted by molar-refractivity contribution is 7.94. The van der Waals surface area contributed by atoms with Crippen LogP contribution >= 0.6 is 45.3 Å². The highest BCUT2D eigenvalue weighted by Gasteiger charge is 2.33. The van der Waals surface area contributed by atoms with Crippen molar-refractivity contribution >= 4 is 178 Å². The van der Waals surface area contributed by atoms with E-state index in [1.54, 1.807) is 20.8 Å². The molecule has 0 unspecified atom stereocenters. The average molecular weight is 1830 g/mol. The van der Waals surface area contributed by atoms with Crippen LogP contribution in [0.2, 0.25) is 11.3 Å². The standard InChI is InChI=1S/4C20H21N3O5S2/c4*1-10-8-11(2)17(15(9-10)14(5)24)21-19(25)18-16(6-7-29-18)30(26,27)23-20-12(3)13(4)22-28-20/h4*6-9,23H,1-5H3,(H,21,25)/i1D3,2D3,3D3,9D;3D3,4D3,9D;1D3,2D3,9D;4D3,9D/hD8. The van der Waals surface area contributed by atoms with Crippen LogP contribution in [0.15, 0.2) is 132 Å². The number of anilines is 8. The van der Waals surface area contributed by atoms with Gasteiger partial charge in [0, 0.05) is 77.4 Å². The third kappa shape index (κ3) is 21.0. The maximum Gasteiger partial charge on any atom is 0.267 e. The summed E-state index contributed by atoms with van der Waals surface area (Å²) in [5.74, 6) is -11.7. The van der Waals surface area contributed by atoms with Gasteiger partial charge in [-0.3, -0.25) is 38.4 Å². The molecule has 0 aliphatic carbocycles. The van der Waals surface area contributed by atoms with Gasteiger partial charge in [-0.15, -0.1) is 45.3 Å². The second kappa shape index (κ2) is 37.2. The van der Waals surface area contributed by atoms with Crippen molar-refractivity contribution in [2.45, 2.75) is 157 Å². The fourth-order valence-corrected chi connectivity index (χ4v) is 19.0. The summed E-state index contributed by atoms with van der Waals surface area (Å²) in [5, 5.41) is 18.7. The maximum absolute atomic E-state index is 13.5. The Labute approximate surface area is 758 Å². The summed E-state index contributed by atoms with van der Waals surface area (Å²) in [4.78, 5) is 97.8. The normalized spacial score (nSPS) is 16.6. The van der Waals surface area contributed by atoms with E-state index < -0.39 is 284 Å². The maximum atomic E-state index is 13.5. The molecule has 12 aromatic rings. The molecular weight excluding hydrogens is 1710 g/mol. The second-order valence-electron chi connectivity index (χ2n) is 24.8. The van der Waals surface area contributed by atoms with Gasteiger partial charge in [0.1, 0.15) is 39.1 Å². The fraction of sp³-hybridized carbons (Fsp3) is 0.250. The van der Waals surface area contributed by atoms with Crippen molar-refractivity contribution in [2.75, 3.05) is 40.1 Å². The van der Waals surface area contributed by atoms with Gasteiger partial charge in [-0.2, -0.15) is 0 Å². The highest BCUT2D eigenvalue weighted by Crippen LogP contribution is 2.36. The van der Waals surface area contributed by atoms with Gasteiger partial charge in [0.2, 0.25) is 23.5 Å². The molecule has 0 radical (unpaired) electrons. The molecule has 632 valence electrons. The van der Waals surface area contributed by atoms with Crippen LogP contribution in [0.25, 0.3) is 0 Å². The number of Topliss-reactive ketones (excluding diaryl/α,β-unsaturated/α-hetero) is 4. The molecule has 4 aromatic carbocycles. The van der Waals surface area contributed by atoms with Gasteiger partial charge in [-0.25, -0.2) is 52.5 Å². The van der Waals surface area contributed by atoms with Gasteiger partial charge in [0.15, 0.2) is 34.4 Å². The van der Waals surface area contributed by atoms with Crippen molar-refractivity contribution in [3.05, 3.63) is 226 Å². The lowest BCUT2D eigenvalue weighted by Gasteiger charge is -2.14. The zero-order valence-electron chi connectivity index (χ0n) is 99.7. The van der Waals surface area contributed by atoms with Crippen molar-refractivity contribution in [3.8, 4) is 0 Å². The Hall–Kier alpha value is -11.9. The third-order valence-electron chi connectivity index (χ3n) is 15.8. The number of rotatable bonds is 24. The predicted octanol–water partition coefficient (Wildman–Crippen LogP) is 16.9. The van der Waals surface area contributed by atoms with Crippen LogP contribution in [-0.2, 0) is 40.1 Å². The molecule has 120 heavy (non-hydrogen) atoms. The van der Waals surface area contributed by atoms with Crippen LogP contribution in [0.1, 0.15) is 236 Å². The van der Waals surface area contributed by atoms with E-state index in [0.717, 1.165) is 50.4 Å². The fourth-order valence-electron chi connectivity index (χ4n) is 9.99. The molecule has 8 heterocycles. The number of nitrogens with zero attached hydrogens (tertiary/aromatic N) is 4. The Balaban J connectivity index is 0.000000230. The highest BCUT2D eigenvalue weighted by atomic mass is 32.2. The minimum atomic E-state index is -5.10. The topological polar surface area (TPSA) is 473 Å². The van der Waals surface area contributed by atoms with Crippen molar-refractivity contribution in [1.82, 2.24) is 20.6 Å². The van der Waals surface area contributed by atoms with E-state index in [4.69, 9.17) is 67.8 Å². The molecule has 40 heteroatoms. The van der Waals surface area contributed by atoms with Gasteiger partial charge in [0.05, 0.1) is 51.0 Å². The van der Waals surface area contributed by atoms with Crippen LogP contribution in [-0.4, -0.2) is 101 Å². The molecule has 0 aliphatic heterocycles. The van der Waals surface area contributed by atoms with E-state index in [1.807, 2.05) is 0 Å². The second-order valence-corrected chi connectivity index (χ2v) is 34.7. The van der Waals surface area contributed by atoms with Gasteiger partial charge in [-0.1, -0.05) is 44.9 Å². The number of aryl methyl sites for hydroxylation is 12. The van der Waals surface area contributed by atoms with Gasteiger partial charge in [-0.05, 0) is 252 Å². The van der Waals surface area contributed by atoms with E-state index in [9.17, 15) is 72.0 Å². The number of amides is 4. The predicted molar refractivity (Wildman–Crippen MR) is 460 cm³/mol. The average Bonchev–Trinajstić information content (AvgIpc) is 0.905. The number of aromatic nitrogens is 4. The smallest absolute Gasteiger partial charge is 0.267 e. The molecule has 0 aliphatic rings. The largest absolute Gasteiger partial charge is 0.337 e. The number of carbonyl (C=O) groups is 8. The van der Waals surface area contributed by atoms with Gasteiger partial charge < -0.3 is 39.3 Å². The van der Waals surface area contributed by atoms with Crippen LogP contribution < -0.4 is 40.1 Å². The lowest BCUT2D eigenvalue weighted by Crippen LogP contribution is -2.20. The van der Waals surface area contributed by atoms with Crippen molar-refractivity contribution < 1.29 is 140 Å². The van der Waals surface area contributed by atoms with Crippen LogP contribution in [0, 0.1) is 110 Å². The number of nitrogens with one attached hydrogen (secondary N) is 8. The van der Waals surface area contributed by atoms with E-state index in [-0.39, 0.29) is 86.2 Å². The van der Waals surface area contributed by atoms with Gasteiger partial charge in [0.25, 0.3) is 63.7 Å². The summed E-state index contributed by atoms with van der Waals surface area (Å²) in [6, 6.07) is 5.83.